The summed E-state index contributed by atoms with van der Waals surface area (Å²) < 4.78 is 0. The van der Waals surface area contributed by atoms with Crippen LogP contribution in [-0.2, 0) is 0 Å². The lowest BCUT2D eigenvalue weighted by Gasteiger charge is -2.24. The first-order chi connectivity index (χ1) is 9.05. The Morgan fingerprint density at radius 1 is 1.16 bits per heavy atom. The van der Waals surface area contributed by atoms with Gasteiger partial charge in [0.05, 0.1) is 11.5 Å². The molecule has 1 aliphatic rings. The predicted octanol–water partition coefficient (Wildman–Crippen LogP) is 4.65. The highest BCUT2D eigenvalue weighted by Gasteiger charge is 2.19. The summed E-state index contributed by atoms with van der Waals surface area (Å²) in [5, 5.41) is 12.7. The molecule has 2 heteroatoms. The van der Waals surface area contributed by atoms with E-state index in [4.69, 9.17) is 5.26 Å². The molecule has 1 fully saturated rings. The van der Waals surface area contributed by atoms with Gasteiger partial charge in [-0.05, 0) is 58.9 Å². The normalized spacial score (nSPS) is 19.7. The molecule has 1 rings (SSSR count). The Morgan fingerprint density at radius 2 is 1.79 bits per heavy atom. The molecule has 1 saturated carbocycles. The topological polar surface area (TPSA) is 35.8 Å². The van der Waals surface area contributed by atoms with Crippen molar-refractivity contribution in [2.45, 2.75) is 84.6 Å². The van der Waals surface area contributed by atoms with E-state index in [1.165, 1.54) is 44.9 Å². The lowest BCUT2D eigenvalue weighted by atomic mass is 9.89. The minimum absolute atomic E-state index is 0.146. The summed E-state index contributed by atoms with van der Waals surface area (Å²) in [5.74, 6) is 0.887. The Bertz CT molecular complexity index is 269. The molecule has 2 nitrogen and oxygen atoms in total. The molecule has 0 aromatic heterocycles. The van der Waals surface area contributed by atoms with Crippen LogP contribution in [0.4, 0.5) is 0 Å². The largest absolute Gasteiger partial charge is 0.314 e. The fraction of sp³-hybridized carbons (Fsp3) is 0.941. The molecule has 19 heavy (non-hydrogen) atoms. The van der Waals surface area contributed by atoms with Crippen LogP contribution < -0.4 is 5.32 Å². The van der Waals surface area contributed by atoms with E-state index in [0.29, 0.717) is 6.04 Å². The van der Waals surface area contributed by atoms with Crippen molar-refractivity contribution in [2.24, 2.45) is 11.3 Å². The monoisotopic (exact) mass is 264 g/mol. The molecule has 1 N–H and O–H groups in total. The van der Waals surface area contributed by atoms with Crippen LogP contribution in [0.25, 0.3) is 0 Å². The zero-order chi connectivity index (χ0) is 14.1. The zero-order valence-electron chi connectivity index (χ0n) is 13.2. The summed E-state index contributed by atoms with van der Waals surface area (Å²) in [6, 6.07) is 3.05. The Kier molecular flexibility index (Phi) is 7.46. The first-order valence-corrected chi connectivity index (χ1v) is 8.20. The summed E-state index contributed by atoms with van der Waals surface area (Å²) in [4.78, 5) is 0. The van der Waals surface area contributed by atoms with Gasteiger partial charge in [0.15, 0.2) is 0 Å². The maximum atomic E-state index is 8.97. The number of unbranched alkanes of at least 4 members (excludes halogenated alkanes) is 1. The average Bonchev–Trinajstić information content (AvgIpc) is 2.67. The second-order valence-corrected chi connectivity index (χ2v) is 6.95. The van der Waals surface area contributed by atoms with Crippen molar-refractivity contribution in [3.63, 3.8) is 0 Å². The molecule has 1 aliphatic carbocycles. The fourth-order valence-corrected chi connectivity index (χ4v) is 3.06. The summed E-state index contributed by atoms with van der Waals surface area (Å²) in [7, 11) is 0. The van der Waals surface area contributed by atoms with E-state index in [0.717, 1.165) is 25.3 Å². The van der Waals surface area contributed by atoms with Crippen LogP contribution in [-0.4, -0.2) is 12.6 Å². The van der Waals surface area contributed by atoms with Crippen LogP contribution >= 0.6 is 0 Å². The standard InChI is InChI=1S/C17H32N2/c1-15(16-10-6-4-5-7-11-16)19-13-9-8-12-17(2,3)14-18/h15-16,19H,4-13H2,1-3H3/t15-/m1/s1. The van der Waals surface area contributed by atoms with Crippen LogP contribution in [0.1, 0.15) is 78.6 Å². The number of rotatable bonds is 7. The minimum Gasteiger partial charge on any atom is -0.314 e. The first kappa shape index (κ1) is 16.5. The van der Waals surface area contributed by atoms with E-state index >= 15 is 0 Å². The van der Waals surface area contributed by atoms with Gasteiger partial charge < -0.3 is 5.32 Å². The molecule has 0 aromatic rings. The van der Waals surface area contributed by atoms with E-state index in [-0.39, 0.29) is 5.41 Å². The van der Waals surface area contributed by atoms with Crippen molar-refractivity contribution in [1.29, 1.82) is 5.26 Å². The number of nitrogens with one attached hydrogen (secondary N) is 1. The fourth-order valence-electron chi connectivity index (χ4n) is 3.06. The zero-order valence-corrected chi connectivity index (χ0v) is 13.2. The Balaban J connectivity index is 2.10. The number of nitrogens with zero attached hydrogens (tertiary/aromatic N) is 1. The lowest BCUT2D eigenvalue weighted by Crippen LogP contribution is -2.34. The third-order valence-corrected chi connectivity index (χ3v) is 4.60. The Hall–Kier alpha value is -0.550. The third-order valence-electron chi connectivity index (χ3n) is 4.60. The van der Waals surface area contributed by atoms with E-state index in [1.54, 1.807) is 0 Å². The van der Waals surface area contributed by atoms with Crippen LogP contribution in [0.15, 0.2) is 0 Å². The molecule has 0 radical (unpaired) electrons. The van der Waals surface area contributed by atoms with Gasteiger partial charge in [0, 0.05) is 6.04 Å². The maximum absolute atomic E-state index is 8.97. The molecule has 0 aliphatic heterocycles. The van der Waals surface area contributed by atoms with Crippen molar-refractivity contribution in [1.82, 2.24) is 5.32 Å². The van der Waals surface area contributed by atoms with Crippen LogP contribution in [0.2, 0.25) is 0 Å². The van der Waals surface area contributed by atoms with E-state index in [2.05, 4.69) is 18.3 Å². The molecule has 1 atom stereocenters. The van der Waals surface area contributed by atoms with Crippen LogP contribution in [0.5, 0.6) is 0 Å². The van der Waals surface area contributed by atoms with Gasteiger partial charge in [0.1, 0.15) is 0 Å². The summed E-state index contributed by atoms with van der Waals surface area (Å²) in [6.45, 7) is 7.54. The van der Waals surface area contributed by atoms with Crippen molar-refractivity contribution in [3.05, 3.63) is 0 Å². The number of hydrogen-bond acceptors (Lipinski definition) is 2. The summed E-state index contributed by atoms with van der Waals surface area (Å²) in [6.07, 6.45) is 11.9. The minimum atomic E-state index is -0.146. The van der Waals surface area contributed by atoms with E-state index < -0.39 is 0 Å². The Labute approximate surface area is 120 Å². The maximum Gasteiger partial charge on any atom is 0.0683 e. The highest BCUT2D eigenvalue weighted by molar-refractivity contribution is 4.91. The van der Waals surface area contributed by atoms with E-state index in [9.17, 15) is 0 Å². The van der Waals surface area contributed by atoms with Crippen molar-refractivity contribution >= 4 is 0 Å². The molecule has 0 bridgehead atoms. The van der Waals surface area contributed by atoms with Gasteiger partial charge in [-0.15, -0.1) is 0 Å². The molecule has 0 saturated heterocycles. The van der Waals surface area contributed by atoms with Gasteiger partial charge in [-0.3, -0.25) is 0 Å². The quantitative estimate of drug-likeness (QED) is 0.536. The smallest absolute Gasteiger partial charge is 0.0683 e. The molecule has 0 aromatic carbocycles. The van der Waals surface area contributed by atoms with Gasteiger partial charge in [-0.1, -0.05) is 32.1 Å². The molecular formula is C17H32N2. The summed E-state index contributed by atoms with van der Waals surface area (Å²) >= 11 is 0. The van der Waals surface area contributed by atoms with Gasteiger partial charge in [0.2, 0.25) is 0 Å². The van der Waals surface area contributed by atoms with Gasteiger partial charge in [-0.2, -0.15) is 5.26 Å². The molecule has 0 spiro atoms. The predicted molar refractivity (Wildman–Crippen MR) is 81.9 cm³/mol. The van der Waals surface area contributed by atoms with Crippen LogP contribution in [0, 0.1) is 22.7 Å². The molecule has 0 heterocycles. The lowest BCUT2D eigenvalue weighted by molar-refractivity contribution is 0.332. The van der Waals surface area contributed by atoms with Crippen molar-refractivity contribution in [3.8, 4) is 6.07 Å². The van der Waals surface area contributed by atoms with Gasteiger partial charge in [0.25, 0.3) is 0 Å². The second kappa shape index (κ2) is 8.59. The van der Waals surface area contributed by atoms with Crippen LogP contribution in [0.3, 0.4) is 0 Å². The summed E-state index contributed by atoms with van der Waals surface area (Å²) in [5.41, 5.74) is -0.146. The highest BCUT2D eigenvalue weighted by atomic mass is 14.9. The highest BCUT2D eigenvalue weighted by Crippen LogP contribution is 2.25. The second-order valence-electron chi connectivity index (χ2n) is 6.95. The Morgan fingerprint density at radius 3 is 2.37 bits per heavy atom. The molecule has 0 unspecified atom stereocenters. The van der Waals surface area contributed by atoms with E-state index in [1.807, 2.05) is 13.8 Å². The van der Waals surface area contributed by atoms with Crippen molar-refractivity contribution in [2.75, 3.05) is 6.54 Å². The van der Waals surface area contributed by atoms with Gasteiger partial charge >= 0.3 is 0 Å². The number of hydrogen-bond donors (Lipinski definition) is 1. The van der Waals surface area contributed by atoms with Crippen molar-refractivity contribution < 1.29 is 0 Å². The van der Waals surface area contributed by atoms with Gasteiger partial charge in [-0.25, -0.2) is 0 Å². The first-order valence-electron chi connectivity index (χ1n) is 8.20. The molecular weight excluding hydrogens is 232 g/mol. The number of nitriles is 1. The molecule has 110 valence electrons. The molecule has 0 amide bonds. The SMILES string of the molecule is C[C@@H](NCCCCC(C)(C)C#N)C1CCCCCC1. The third kappa shape index (κ3) is 6.97. The average molecular weight is 264 g/mol.